The standard InChI is InChI=1S/C18H32N4O3/c23-17(12-16-13-25-11-8-19-16)22-9-6-15(7-10-22)21-18(24)20-14-4-2-1-3-5-14/h14-16,19H,1-13H2,(H2,20,21,24). The van der Waals surface area contributed by atoms with E-state index in [2.05, 4.69) is 16.0 Å². The van der Waals surface area contributed by atoms with Crippen LogP contribution in [0, 0.1) is 0 Å². The van der Waals surface area contributed by atoms with Gasteiger partial charge in [-0.1, -0.05) is 19.3 Å². The van der Waals surface area contributed by atoms with E-state index in [0.29, 0.717) is 19.1 Å². The number of carbonyl (C=O) groups excluding carboxylic acids is 2. The van der Waals surface area contributed by atoms with Gasteiger partial charge in [0.2, 0.25) is 5.91 Å². The van der Waals surface area contributed by atoms with Gasteiger partial charge in [-0.25, -0.2) is 4.79 Å². The van der Waals surface area contributed by atoms with E-state index in [-0.39, 0.29) is 24.0 Å². The number of likely N-dealkylation sites (tertiary alicyclic amines) is 1. The second-order valence-corrected chi connectivity index (χ2v) is 7.54. The first kappa shape index (κ1) is 18.5. The smallest absolute Gasteiger partial charge is 0.315 e. The maximum atomic E-state index is 12.4. The Labute approximate surface area is 150 Å². The summed E-state index contributed by atoms with van der Waals surface area (Å²) in [5.74, 6) is 0.188. The van der Waals surface area contributed by atoms with E-state index in [1.165, 1.54) is 19.3 Å². The van der Waals surface area contributed by atoms with Crippen molar-refractivity contribution in [1.82, 2.24) is 20.9 Å². The molecule has 2 saturated heterocycles. The minimum Gasteiger partial charge on any atom is -0.378 e. The third-order valence-electron chi connectivity index (χ3n) is 5.54. The van der Waals surface area contributed by atoms with Crippen molar-refractivity contribution < 1.29 is 14.3 Å². The summed E-state index contributed by atoms with van der Waals surface area (Å²) in [6.45, 7) is 3.61. The van der Waals surface area contributed by atoms with E-state index in [4.69, 9.17) is 4.74 Å². The molecule has 1 unspecified atom stereocenters. The molecule has 0 radical (unpaired) electrons. The van der Waals surface area contributed by atoms with Crippen molar-refractivity contribution in [3.05, 3.63) is 0 Å². The Morgan fingerprint density at radius 1 is 1.00 bits per heavy atom. The molecular formula is C18H32N4O3. The molecule has 3 amide bonds. The molecule has 3 rings (SSSR count). The summed E-state index contributed by atoms with van der Waals surface area (Å²) in [4.78, 5) is 26.4. The largest absolute Gasteiger partial charge is 0.378 e. The fourth-order valence-corrected chi connectivity index (χ4v) is 4.02. The number of nitrogens with zero attached hydrogens (tertiary/aromatic N) is 1. The molecule has 7 heteroatoms. The third kappa shape index (κ3) is 5.85. The van der Waals surface area contributed by atoms with Gasteiger partial charge in [-0.3, -0.25) is 4.79 Å². The average Bonchev–Trinajstić information content (AvgIpc) is 2.64. The van der Waals surface area contributed by atoms with Gasteiger partial charge >= 0.3 is 6.03 Å². The lowest BCUT2D eigenvalue weighted by Crippen LogP contribution is -2.52. The predicted octanol–water partition coefficient (Wildman–Crippen LogP) is 0.988. The molecule has 2 aliphatic heterocycles. The van der Waals surface area contributed by atoms with E-state index in [1.807, 2.05) is 4.90 Å². The van der Waals surface area contributed by atoms with Gasteiger partial charge in [0.1, 0.15) is 0 Å². The number of morpholine rings is 1. The Hall–Kier alpha value is -1.34. The number of ether oxygens (including phenoxy) is 1. The molecule has 0 spiro atoms. The lowest BCUT2D eigenvalue weighted by atomic mass is 9.96. The summed E-state index contributed by atoms with van der Waals surface area (Å²) in [6, 6.07) is 0.600. The van der Waals surface area contributed by atoms with Crippen molar-refractivity contribution in [3.8, 4) is 0 Å². The van der Waals surface area contributed by atoms with Crippen molar-refractivity contribution >= 4 is 11.9 Å². The van der Waals surface area contributed by atoms with Crippen LogP contribution in [0.2, 0.25) is 0 Å². The summed E-state index contributed by atoms with van der Waals surface area (Å²) in [6.07, 6.45) is 8.07. The first-order valence-electron chi connectivity index (χ1n) is 9.86. The second-order valence-electron chi connectivity index (χ2n) is 7.54. The van der Waals surface area contributed by atoms with Crippen LogP contribution in [0.15, 0.2) is 0 Å². The van der Waals surface area contributed by atoms with Crippen LogP contribution >= 0.6 is 0 Å². The molecule has 1 atom stereocenters. The van der Waals surface area contributed by atoms with Crippen LogP contribution in [-0.4, -0.2) is 67.8 Å². The molecule has 142 valence electrons. The average molecular weight is 352 g/mol. The number of amides is 3. The van der Waals surface area contributed by atoms with E-state index >= 15 is 0 Å². The Bertz CT molecular complexity index is 440. The maximum Gasteiger partial charge on any atom is 0.315 e. The van der Waals surface area contributed by atoms with Crippen molar-refractivity contribution in [2.24, 2.45) is 0 Å². The van der Waals surface area contributed by atoms with E-state index < -0.39 is 0 Å². The van der Waals surface area contributed by atoms with Crippen molar-refractivity contribution in [3.63, 3.8) is 0 Å². The molecular weight excluding hydrogens is 320 g/mol. The van der Waals surface area contributed by atoms with Gasteiger partial charge in [-0.2, -0.15) is 0 Å². The van der Waals surface area contributed by atoms with E-state index in [9.17, 15) is 9.59 Å². The second kappa shape index (κ2) is 9.38. The Morgan fingerprint density at radius 2 is 1.68 bits per heavy atom. The Balaban J connectivity index is 1.33. The Morgan fingerprint density at radius 3 is 2.32 bits per heavy atom. The predicted molar refractivity (Wildman–Crippen MR) is 95.4 cm³/mol. The zero-order valence-electron chi connectivity index (χ0n) is 15.1. The summed E-state index contributed by atoms with van der Waals surface area (Å²) in [7, 11) is 0. The molecule has 25 heavy (non-hydrogen) atoms. The highest BCUT2D eigenvalue weighted by Gasteiger charge is 2.26. The first-order valence-corrected chi connectivity index (χ1v) is 9.86. The topological polar surface area (TPSA) is 82.7 Å². The lowest BCUT2D eigenvalue weighted by Gasteiger charge is -2.34. The monoisotopic (exact) mass is 352 g/mol. The van der Waals surface area contributed by atoms with Crippen LogP contribution in [0.3, 0.4) is 0 Å². The van der Waals surface area contributed by atoms with Crippen molar-refractivity contribution in [2.75, 3.05) is 32.8 Å². The fraction of sp³-hybridized carbons (Fsp3) is 0.889. The normalized spacial score (nSPS) is 26.2. The maximum absolute atomic E-state index is 12.4. The third-order valence-corrected chi connectivity index (χ3v) is 5.54. The molecule has 7 nitrogen and oxygen atoms in total. The van der Waals surface area contributed by atoms with Crippen LogP contribution in [0.25, 0.3) is 0 Å². The number of rotatable bonds is 4. The zero-order chi connectivity index (χ0) is 17.5. The number of hydrogen-bond acceptors (Lipinski definition) is 4. The van der Waals surface area contributed by atoms with Gasteiger partial charge in [0, 0.05) is 44.2 Å². The number of urea groups is 1. The molecule has 0 aromatic heterocycles. The highest BCUT2D eigenvalue weighted by molar-refractivity contribution is 5.77. The molecule has 3 fully saturated rings. The Kier molecular flexibility index (Phi) is 6.93. The fourth-order valence-electron chi connectivity index (χ4n) is 4.02. The summed E-state index contributed by atoms with van der Waals surface area (Å²) < 4.78 is 5.41. The summed E-state index contributed by atoms with van der Waals surface area (Å²) >= 11 is 0. The number of hydrogen-bond donors (Lipinski definition) is 3. The van der Waals surface area contributed by atoms with Crippen LogP contribution < -0.4 is 16.0 Å². The molecule has 0 aromatic rings. The molecule has 0 bridgehead atoms. The minimum atomic E-state index is -0.0415. The number of carbonyl (C=O) groups is 2. The highest BCUT2D eigenvalue weighted by Crippen LogP contribution is 2.17. The minimum absolute atomic E-state index is 0.0415. The molecule has 3 N–H and O–H groups in total. The van der Waals surface area contributed by atoms with Crippen LogP contribution in [0.1, 0.15) is 51.4 Å². The van der Waals surface area contributed by atoms with E-state index in [0.717, 1.165) is 51.9 Å². The van der Waals surface area contributed by atoms with Gasteiger partial charge in [0.15, 0.2) is 0 Å². The highest BCUT2D eigenvalue weighted by atomic mass is 16.5. The van der Waals surface area contributed by atoms with E-state index in [1.54, 1.807) is 0 Å². The van der Waals surface area contributed by atoms with Gasteiger partial charge < -0.3 is 25.6 Å². The number of piperidine rings is 1. The SMILES string of the molecule is O=C(NC1CCCCC1)NC1CCN(C(=O)CC2COCCN2)CC1. The van der Waals surface area contributed by atoms with Gasteiger partial charge in [-0.05, 0) is 25.7 Å². The molecule has 3 aliphatic rings. The zero-order valence-corrected chi connectivity index (χ0v) is 15.1. The summed E-state index contributed by atoms with van der Waals surface area (Å²) in [5.41, 5.74) is 0. The van der Waals surface area contributed by atoms with Crippen LogP contribution in [-0.2, 0) is 9.53 Å². The van der Waals surface area contributed by atoms with Gasteiger partial charge in [0.25, 0.3) is 0 Å². The van der Waals surface area contributed by atoms with Crippen LogP contribution in [0.4, 0.5) is 4.79 Å². The van der Waals surface area contributed by atoms with Crippen molar-refractivity contribution in [2.45, 2.75) is 69.5 Å². The molecule has 1 saturated carbocycles. The van der Waals surface area contributed by atoms with Crippen LogP contribution in [0.5, 0.6) is 0 Å². The van der Waals surface area contributed by atoms with Crippen molar-refractivity contribution in [1.29, 1.82) is 0 Å². The van der Waals surface area contributed by atoms with Gasteiger partial charge in [-0.15, -0.1) is 0 Å². The molecule has 0 aromatic carbocycles. The lowest BCUT2D eigenvalue weighted by molar-refractivity contribution is -0.133. The quantitative estimate of drug-likeness (QED) is 0.705. The van der Waals surface area contributed by atoms with Gasteiger partial charge in [0.05, 0.1) is 13.2 Å². The number of nitrogens with one attached hydrogen (secondary N) is 3. The molecule has 1 aliphatic carbocycles. The molecule has 2 heterocycles. The first-order chi connectivity index (χ1) is 12.2. The summed E-state index contributed by atoms with van der Waals surface area (Å²) in [5, 5.41) is 9.51.